The second-order valence-electron chi connectivity index (χ2n) is 5.81. The van der Waals surface area contributed by atoms with E-state index in [4.69, 9.17) is 5.14 Å². The quantitative estimate of drug-likeness (QED) is 0.602. The number of rotatable bonds is 6. The number of amides is 1. The summed E-state index contributed by atoms with van der Waals surface area (Å²) in [5.41, 5.74) is 2.23. The summed E-state index contributed by atoms with van der Waals surface area (Å²) in [6, 6.07) is 13.8. The van der Waals surface area contributed by atoms with Crippen LogP contribution in [0.15, 0.2) is 70.3 Å². The SMILES string of the molecule is NS(=O)(=O)c1ccc(Br)c(C(=O)NCCc2ccc(-n3cccn3)cc2)c1. The molecule has 0 saturated heterocycles. The van der Waals surface area contributed by atoms with Crippen molar-refractivity contribution in [1.29, 1.82) is 0 Å². The molecule has 2 aromatic carbocycles. The number of sulfonamides is 1. The van der Waals surface area contributed by atoms with E-state index in [-0.39, 0.29) is 16.4 Å². The minimum absolute atomic E-state index is 0.106. The van der Waals surface area contributed by atoms with Gasteiger partial charge in [0.05, 0.1) is 16.1 Å². The molecule has 7 nitrogen and oxygen atoms in total. The predicted molar refractivity (Wildman–Crippen MR) is 105 cm³/mol. The average Bonchev–Trinajstić information content (AvgIpc) is 3.16. The Morgan fingerprint density at radius 3 is 2.56 bits per heavy atom. The Morgan fingerprint density at radius 1 is 1.19 bits per heavy atom. The molecule has 1 heterocycles. The van der Waals surface area contributed by atoms with Crippen molar-refractivity contribution in [2.75, 3.05) is 6.54 Å². The number of nitrogens with two attached hydrogens (primary N) is 1. The van der Waals surface area contributed by atoms with Gasteiger partial charge < -0.3 is 5.32 Å². The predicted octanol–water partition coefficient (Wildman–Crippen LogP) is 2.25. The van der Waals surface area contributed by atoms with Crippen molar-refractivity contribution in [1.82, 2.24) is 15.1 Å². The van der Waals surface area contributed by atoms with E-state index < -0.39 is 10.0 Å². The summed E-state index contributed by atoms with van der Waals surface area (Å²) in [5.74, 6) is -0.375. The smallest absolute Gasteiger partial charge is 0.252 e. The highest BCUT2D eigenvalue weighted by molar-refractivity contribution is 9.10. The fourth-order valence-corrected chi connectivity index (χ4v) is 3.47. The van der Waals surface area contributed by atoms with Gasteiger partial charge in [0.1, 0.15) is 0 Å². The van der Waals surface area contributed by atoms with Crippen molar-refractivity contribution < 1.29 is 13.2 Å². The van der Waals surface area contributed by atoms with Crippen LogP contribution in [-0.2, 0) is 16.4 Å². The molecule has 1 amide bonds. The van der Waals surface area contributed by atoms with Crippen LogP contribution in [-0.4, -0.2) is 30.7 Å². The lowest BCUT2D eigenvalue weighted by molar-refractivity contribution is 0.0953. The second kappa shape index (κ2) is 8.03. The summed E-state index contributed by atoms with van der Waals surface area (Å²) in [4.78, 5) is 12.2. The van der Waals surface area contributed by atoms with E-state index in [1.807, 2.05) is 36.5 Å². The molecule has 9 heteroatoms. The zero-order valence-corrected chi connectivity index (χ0v) is 16.6. The van der Waals surface area contributed by atoms with Gasteiger partial charge >= 0.3 is 0 Å². The molecule has 0 atom stereocenters. The number of aromatic nitrogens is 2. The van der Waals surface area contributed by atoms with E-state index in [0.29, 0.717) is 17.4 Å². The molecule has 0 aliphatic rings. The zero-order chi connectivity index (χ0) is 19.4. The second-order valence-corrected chi connectivity index (χ2v) is 8.23. The van der Waals surface area contributed by atoms with Gasteiger partial charge in [-0.25, -0.2) is 18.2 Å². The summed E-state index contributed by atoms with van der Waals surface area (Å²) < 4.78 is 25.2. The number of nitrogens with zero attached hydrogens (tertiary/aromatic N) is 2. The number of hydrogen-bond donors (Lipinski definition) is 2. The Morgan fingerprint density at radius 2 is 1.93 bits per heavy atom. The standard InChI is InChI=1S/C18H17BrN4O3S/c19-17-7-6-15(27(20,25)26)12-16(17)18(24)21-10-8-13-2-4-14(5-3-13)23-11-1-9-22-23/h1-7,9,11-12H,8,10H2,(H,21,24)(H2,20,25,26). The van der Waals surface area contributed by atoms with Crippen molar-refractivity contribution in [2.45, 2.75) is 11.3 Å². The molecule has 0 spiro atoms. The third kappa shape index (κ3) is 4.82. The lowest BCUT2D eigenvalue weighted by atomic mass is 10.1. The molecular weight excluding hydrogens is 432 g/mol. The minimum atomic E-state index is -3.87. The molecule has 3 N–H and O–H groups in total. The van der Waals surface area contributed by atoms with E-state index >= 15 is 0 Å². The number of hydrogen-bond acceptors (Lipinski definition) is 4. The van der Waals surface area contributed by atoms with E-state index in [2.05, 4.69) is 26.3 Å². The first kappa shape index (κ1) is 19.3. The van der Waals surface area contributed by atoms with Gasteiger partial charge in [0.15, 0.2) is 0 Å². The summed E-state index contributed by atoms with van der Waals surface area (Å²) in [6.45, 7) is 0.409. The van der Waals surface area contributed by atoms with Crippen LogP contribution in [0.2, 0.25) is 0 Å². The molecule has 0 saturated carbocycles. The molecule has 0 radical (unpaired) electrons. The van der Waals surface area contributed by atoms with Gasteiger partial charge in [-0.05, 0) is 64.3 Å². The first-order valence-corrected chi connectivity index (χ1v) is 10.4. The molecule has 0 aliphatic carbocycles. The van der Waals surface area contributed by atoms with Gasteiger partial charge in [0, 0.05) is 23.4 Å². The number of carbonyl (C=O) groups is 1. The van der Waals surface area contributed by atoms with Crippen molar-refractivity contribution in [2.24, 2.45) is 5.14 Å². The fourth-order valence-electron chi connectivity index (χ4n) is 2.51. The van der Waals surface area contributed by atoms with Crippen LogP contribution in [0.3, 0.4) is 0 Å². The molecule has 0 unspecified atom stereocenters. The van der Waals surface area contributed by atoms with Crippen LogP contribution in [0, 0.1) is 0 Å². The van der Waals surface area contributed by atoms with Crippen LogP contribution in [0.4, 0.5) is 0 Å². The van der Waals surface area contributed by atoms with Crippen LogP contribution < -0.4 is 10.5 Å². The number of nitrogens with one attached hydrogen (secondary N) is 1. The maximum Gasteiger partial charge on any atom is 0.252 e. The van der Waals surface area contributed by atoms with E-state index in [1.54, 1.807) is 10.9 Å². The molecule has 27 heavy (non-hydrogen) atoms. The molecule has 3 aromatic rings. The third-order valence-electron chi connectivity index (χ3n) is 3.92. The van der Waals surface area contributed by atoms with Gasteiger partial charge in [-0.3, -0.25) is 4.79 Å². The Hall–Kier alpha value is -2.49. The van der Waals surface area contributed by atoms with Crippen LogP contribution in [0.25, 0.3) is 5.69 Å². The van der Waals surface area contributed by atoms with Gasteiger partial charge in [-0.1, -0.05) is 12.1 Å². The summed E-state index contributed by atoms with van der Waals surface area (Å²) in [6.07, 6.45) is 4.22. The fraction of sp³-hybridized carbons (Fsp3) is 0.111. The van der Waals surface area contributed by atoms with E-state index in [1.165, 1.54) is 18.2 Å². The highest BCUT2D eigenvalue weighted by Gasteiger charge is 2.15. The van der Waals surface area contributed by atoms with E-state index in [9.17, 15) is 13.2 Å². The molecular formula is C18H17BrN4O3S. The summed E-state index contributed by atoms with van der Waals surface area (Å²) in [7, 11) is -3.87. The van der Waals surface area contributed by atoms with Crippen LogP contribution >= 0.6 is 15.9 Å². The minimum Gasteiger partial charge on any atom is -0.352 e. The highest BCUT2D eigenvalue weighted by atomic mass is 79.9. The number of carbonyl (C=O) groups excluding carboxylic acids is 1. The van der Waals surface area contributed by atoms with E-state index in [0.717, 1.165) is 11.3 Å². The molecule has 1 aromatic heterocycles. The van der Waals surface area contributed by atoms with Crippen molar-refractivity contribution >= 4 is 31.9 Å². The summed E-state index contributed by atoms with van der Waals surface area (Å²) >= 11 is 3.26. The molecule has 0 bridgehead atoms. The normalized spacial score (nSPS) is 11.3. The molecule has 0 fully saturated rings. The largest absolute Gasteiger partial charge is 0.352 e. The Kier molecular flexibility index (Phi) is 5.73. The van der Waals surface area contributed by atoms with Crippen LogP contribution in [0.5, 0.6) is 0 Å². The monoisotopic (exact) mass is 448 g/mol. The van der Waals surface area contributed by atoms with Gasteiger partial charge in [-0.15, -0.1) is 0 Å². The lowest BCUT2D eigenvalue weighted by Crippen LogP contribution is -2.26. The maximum absolute atomic E-state index is 12.4. The number of benzene rings is 2. The lowest BCUT2D eigenvalue weighted by Gasteiger charge is -2.09. The van der Waals surface area contributed by atoms with Crippen LogP contribution in [0.1, 0.15) is 15.9 Å². The Balaban J connectivity index is 1.61. The molecule has 3 rings (SSSR count). The number of primary sulfonamides is 1. The topological polar surface area (TPSA) is 107 Å². The average molecular weight is 449 g/mol. The first-order valence-electron chi connectivity index (χ1n) is 8.04. The van der Waals surface area contributed by atoms with Gasteiger partial charge in [0.2, 0.25) is 10.0 Å². The Bertz CT molecular complexity index is 1050. The van der Waals surface area contributed by atoms with Crippen molar-refractivity contribution in [3.63, 3.8) is 0 Å². The molecule has 140 valence electrons. The molecule has 0 aliphatic heterocycles. The third-order valence-corrected chi connectivity index (χ3v) is 5.52. The maximum atomic E-state index is 12.4. The van der Waals surface area contributed by atoms with Gasteiger partial charge in [-0.2, -0.15) is 5.10 Å². The Labute approximate surface area is 165 Å². The number of halogens is 1. The highest BCUT2D eigenvalue weighted by Crippen LogP contribution is 2.20. The summed E-state index contributed by atoms with van der Waals surface area (Å²) in [5, 5.41) is 12.1. The first-order chi connectivity index (χ1) is 12.8. The van der Waals surface area contributed by atoms with Crippen molar-refractivity contribution in [3.05, 3.63) is 76.5 Å². The zero-order valence-electron chi connectivity index (χ0n) is 14.2. The van der Waals surface area contributed by atoms with Gasteiger partial charge in [0.25, 0.3) is 5.91 Å². The van der Waals surface area contributed by atoms with Crippen molar-refractivity contribution in [3.8, 4) is 5.69 Å².